The van der Waals surface area contributed by atoms with E-state index in [0.29, 0.717) is 43.0 Å². The normalized spacial score (nSPS) is 14.2. The molecule has 1 aromatic carbocycles. The van der Waals surface area contributed by atoms with Gasteiger partial charge in [-0.1, -0.05) is 67.0 Å². The Balaban J connectivity index is 2.32. The highest BCUT2D eigenvalue weighted by atomic mass is 32.1. The first-order valence-electron chi connectivity index (χ1n) is 16.3. The molecular formula is C36H54N4O5S. The minimum atomic E-state index is -0.773. The Bertz CT molecular complexity index is 1290. The summed E-state index contributed by atoms with van der Waals surface area (Å²) in [7, 11) is 0. The van der Waals surface area contributed by atoms with Crippen molar-refractivity contribution < 1.29 is 24.0 Å². The Kier molecular flexibility index (Phi) is 15.7. The van der Waals surface area contributed by atoms with Gasteiger partial charge in [0.25, 0.3) is 5.91 Å². The number of nitrogens with two attached hydrogens (primary N) is 1. The minimum absolute atomic E-state index is 0.0214. The number of hydroxylamine groups is 2. The van der Waals surface area contributed by atoms with E-state index in [-0.39, 0.29) is 47.2 Å². The summed E-state index contributed by atoms with van der Waals surface area (Å²) < 4.78 is 5.77. The van der Waals surface area contributed by atoms with Crippen LogP contribution >= 0.6 is 11.3 Å². The molecule has 1 aromatic heterocycles. The van der Waals surface area contributed by atoms with Gasteiger partial charge in [-0.25, -0.2) is 10.0 Å². The maximum atomic E-state index is 13.5. The van der Waals surface area contributed by atoms with Gasteiger partial charge in [0.15, 0.2) is 6.10 Å². The predicted molar refractivity (Wildman–Crippen MR) is 185 cm³/mol. The smallest absolute Gasteiger partial charge is 0.303 e. The molecule has 9 nitrogen and oxygen atoms in total. The maximum Gasteiger partial charge on any atom is 0.303 e. The van der Waals surface area contributed by atoms with Crippen LogP contribution in [0.15, 0.2) is 29.6 Å². The molecule has 3 unspecified atom stereocenters. The number of nitrogens with one attached hydrogen (secondary N) is 1. The van der Waals surface area contributed by atoms with Gasteiger partial charge in [-0.3, -0.25) is 19.2 Å². The number of hydrogen-bond acceptors (Lipinski definition) is 8. The fourth-order valence-electron chi connectivity index (χ4n) is 5.13. The van der Waals surface area contributed by atoms with E-state index in [2.05, 4.69) is 37.0 Å². The zero-order valence-electron chi connectivity index (χ0n) is 28.9. The number of benzene rings is 1. The van der Waals surface area contributed by atoms with Gasteiger partial charge in [-0.2, -0.15) is 0 Å². The molecule has 0 aliphatic rings. The minimum Gasteiger partial charge on any atom is -0.455 e. The molecule has 1 heterocycles. The molecular weight excluding hydrogens is 600 g/mol. The number of carbonyl (C=O) groups excluding carboxylic acids is 3. The van der Waals surface area contributed by atoms with Gasteiger partial charge in [0.2, 0.25) is 5.91 Å². The van der Waals surface area contributed by atoms with E-state index in [1.54, 1.807) is 5.38 Å². The molecule has 0 fully saturated rings. The SMILES string of the molecule is C#CCCCON(C(=O)C[C@@H](C)CC)C(CC(OC(C)=O)c1nc(C(=O)NC(Cc2ccc(N)cc2)CC(C)(C)C)cs1)C(C)C. The van der Waals surface area contributed by atoms with E-state index >= 15 is 0 Å². The quantitative estimate of drug-likeness (QED) is 0.0576. The molecule has 2 aromatic rings. The van der Waals surface area contributed by atoms with Gasteiger partial charge in [0.05, 0.1) is 12.6 Å². The van der Waals surface area contributed by atoms with Crippen molar-refractivity contribution in [3.05, 3.63) is 45.9 Å². The molecule has 0 saturated heterocycles. The molecule has 0 bridgehead atoms. The number of aromatic nitrogens is 1. The van der Waals surface area contributed by atoms with Crippen molar-refractivity contribution >= 4 is 34.8 Å². The standard InChI is InChI=1S/C36H54N4O5S/c1-10-12-13-18-44-40(33(42)19-25(5)11-2)31(24(3)4)21-32(45-26(6)41)35-39-30(23-46-35)34(43)38-29(22-36(7,8)9)20-27-14-16-28(37)17-15-27/h1,14-17,23-25,29,31-32H,11-13,18-22,37H2,2-9H3,(H,38,43)/t25-,29?,31?,32?/m0/s1. The number of ether oxygens (including phenoxy) is 1. The Morgan fingerprint density at radius 3 is 2.39 bits per heavy atom. The van der Waals surface area contributed by atoms with E-state index in [1.807, 2.05) is 52.0 Å². The number of terminal acetylenes is 1. The highest BCUT2D eigenvalue weighted by Crippen LogP contribution is 2.32. The number of nitrogen functional groups attached to an aromatic ring is 1. The van der Waals surface area contributed by atoms with E-state index in [9.17, 15) is 14.4 Å². The Hall–Kier alpha value is -3.42. The Morgan fingerprint density at radius 2 is 1.83 bits per heavy atom. The third kappa shape index (κ3) is 13.5. The number of carbonyl (C=O) groups is 3. The molecule has 0 radical (unpaired) electrons. The zero-order valence-corrected chi connectivity index (χ0v) is 29.7. The van der Waals surface area contributed by atoms with Crippen molar-refractivity contribution in [2.75, 3.05) is 12.3 Å². The van der Waals surface area contributed by atoms with E-state index < -0.39 is 18.1 Å². The summed E-state index contributed by atoms with van der Waals surface area (Å²) in [6, 6.07) is 7.13. The molecule has 2 amide bonds. The van der Waals surface area contributed by atoms with Crippen LogP contribution in [0.5, 0.6) is 0 Å². The van der Waals surface area contributed by atoms with Crippen molar-refractivity contribution in [3.8, 4) is 12.3 Å². The van der Waals surface area contributed by atoms with Crippen LogP contribution in [0.4, 0.5) is 5.69 Å². The summed E-state index contributed by atoms with van der Waals surface area (Å²) in [4.78, 5) is 49.9. The average Bonchev–Trinajstić information content (AvgIpc) is 3.46. The summed E-state index contributed by atoms with van der Waals surface area (Å²) in [6.07, 6.45) is 8.65. The molecule has 10 heteroatoms. The Labute approximate surface area is 280 Å². The second-order valence-electron chi connectivity index (χ2n) is 13.7. The largest absolute Gasteiger partial charge is 0.455 e. The molecule has 254 valence electrons. The first kappa shape index (κ1) is 38.8. The first-order valence-corrected chi connectivity index (χ1v) is 17.2. The maximum absolute atomic E-state index is 13.5. The van der Waals surface area contributed by atoms with Crippen LogP contribution in [0.2, 0.25) is 0 Å². The summed E-state index contributed by atoms with van der Waals surface area (Å²) in [5.41, 5.74) is 7.87. The van der Waals surface area contributed by atoms with Gasteiger partial charge >= 0.3 is 5.97 Å². The van der Waals surface area contributed by atoms with Crippen molar-refractivity contribution in [1.29, 1.82) is 0 Å². The average molecular weight is 655 g/mol. The molecule has 46 heavy (non-hydrogen) atoms. The van der Waals surface area contributed by atoms with Crippen molar-refractivity contribution in [2.24, 2.45) is 17.3 Å². The van der Waals surface area contributed by atoms with E-state index in [1.165, 1.54) is 23.3 Å². The van der Waals surface area contributed by atoms with Crippen molar-refractivity contribution in [1.82, 2.24) is 15.4 Å². The lowest BCUT2D eigenvalue weighted by Gasteiger charge is -2.35. The lowest BCUT2D eigenvalue weighted by molar-refractivity contribution is -0.210. The second-order valence-corrected chi connectivity index (χ2v) is 14.6. The number of hydrogen-bond donors (Lipinski definition) is 2. The number of nitrogens with zero attached hydrogens (tertiary/aromatic N) is 2. The van der Waals surface area contributed by atoms with Crippen LogP contribution in [0.1, 0.15) is 121 Å². The lowest BCUT2D eigenvalue weighted by atomic mass is 9.85. The van der Waals surface area contributed by atoms with E-state index in [0.717, 1.165) is 18.4 Å². The number of amides is 2. The Morgan fingerprint density at radius 1 is 1.15 bits per heavy atom. The predicted octanol–water partition coefficient (Wildman–Crippen LogP) is 7.13. The number of rotatable bonds is 18. The van der Waals surface area contributed by atoms with Gasteiger partial charge < -0.3 is 15.8 Å². The summed E-state index contributed by atoms with van der Waals surface area (Å²) in [5, 5.41) is 6.80. The van der Waals surface area contributed by atoms with E-state index in [4.69, 9.17) is 21.7 Å². The molecule has 0 saturated carbocycles. The number of anilines is 1. The molecule has 2 rings (SSSR count). The molecule has 0 aliphatic carbocycles. The lowest BCUT2D eigenvalue weighted by Crippen LogP contribution is -2.45. The molecule has 3 N–H and O–H groups in total. The molecule has 4 atom stereocenters. The van der Waals surface area contributed by atoms with Crippen LogP contribution in [0, 0.1) is 29.6 Å². The summed E-state index contributed by atoms with van der Waals surface area (Å²) >= 11 is 1.26. The third-order valence-electron chi connectivity index (χ3n) is 7.68. The van der Waals surface area contributed by atoms with Crippen LogP contribution in [0.25, 0.3) is 0 Å². The van der Waals surface area contributed by atoms with Crippen LogP contribution in [0.3, 0.4) is 0 Å². The van der Waals surface area contributed by atoms with Crippen LogP contribution in [-0.4, -0.2) is 46.5 Å². The second kappa shape index (κ2) is 18.7. The fourth-order valence-corrected chi connectivity index (χ4v) is 5.97. The monoisotopic (exact) mass is 654 g/mol. The van der Waals surface area contributed by atoms with Gasteiger partial charge in [-0.05, 0) is 54.2 Å². The van der Waals surface area contributed by atoms with Crippen LogP contribution in [-0.2, 0) is 25.6 Å². The first-order chi connectivity index (χ1) is 21.6. The summed E-state index contributed by atoms with van der Waals surface area (Å²) in [6.45, 7) is 16.1. The summed E-state index contributed by atoms with van der Waals surface area (Å²) in [5.74, 6) is 1.86. The van der Waals surface area contributed by atoms with Crippen LogP contribution < -0.4 is 11.1 Å². The van der Waals surface area contributed by atoms with Crippen molar-refractivity contribution in [2.45, 2.75) is 119 Å². The highest BCUT2D eigenvalue weighted by Gasteiger charge is 2.34. The number of unbranched alkanes of at least 4 members (excludes halogenated alkanes) is 1. The zero-order chi connectivity index (χ0) is 34.4. The fraction of sp³-hybridized carbons (Fsp3) is 0.611. The number of esters is 1. The molecule has 0 spiro atoms. The number of thiazole rings is 1. The highest BCUT2D eigenvalue weighted by molar-refractivity contribution is 7.09. The van der Waals surface area contributed by atoms with Gasteiger partial charge in [0.1, 0.15) is 10.7 Å². The van der Waals surface area contributed by atoms with Crippen molar-refractivity contribution in [3.63, 3.8) is 0 Å². The molecule has 0 aliphatic heterocycles. The van der Waals surface area contributed by atoms with Gasteiger partial charge in [0, 0.05) is 43.3 Å². The third-order valence-corrected chi connectivity index (χ3v) is 8.62. The topological polar surface area (TPSA) is 124 Å². The van der Waals surface area contributed by atoms with Gasteiger partial charge in [-0.15, -0.1) is 23.7 Å².